The van der Waals surface area contributed by atoms with Gasteiger partial charge >= 0.3 is 0 Å². The second-order valence-electron chi connectivity index (χ2n) is 4.54. The highest BCUT2D eigenvalue weighted by Gasteiger charge is 2.22. The van der Waals surface area contributed by atoms with Gasteiger partial charge in [-0.25, -0.2) is 0 Å². The van der Waals surface area contributed by atoms with E-state index in [9.17, 15) is 4.79 Å². The lowest BCUT2D eigenvalue weighted by Gasteiger charge is -2.30. The number of halogens is 1. The molecule has 104 valence electrons. The monoisotopic (exact) mass is 375 g/mol. The van der Waals surface area contributed by atoms with E-state index >= 15 is 0 Å². The Bertz CT molecular complexity index is 461. The van der Waals surface area contributed by atoms with Crippen molar-refractivity contribution in [1.82, 2.24) is 4.90 Å². The average molecular weight is 375 g/mol. The van der Waals surface area contributed by atoms with E-state index in [1.54, 1.807) is 0 Å². The summed E-state index contributed by atoms with van der Waals surface area (Å²) >= 11 is 2.21. The minimum atomic E-state index is -0.254. The van der Waals surface area contributed by atoms with Crippen molar-refractivity contribution in [3.8, 4) is 0 Å². The van der Waals surface area contributed by atoms with Gasteiger partial charge in [-0.2, -0.15) is 0 Å². The number of nitrogens with zero attached hydrogens (tertiary/aromatic N) is 1. The van der Waals surface area contributed by atoms with Crippen LogP contribution in [0.4, 0.5) is 11.4 Å². The van der Waals surface area contributed by atoms with Crippen LogP contribution in [0, 0.1) is 3.57 Å². The summed E-state index contributed by atoms with van der Waals surface area (Å²) in [4.78, 5) is 14.1. The Morgan fingerprint density at radius 1 is 1.47 bits per heavy atom. The zero-order valence-corrected chi connectivity index (χ0v) is 13.0. The number of carbonyl (C=O) groups excluding carboxylic acids is 1. The quantitative estimate of drug-likeness (QED) is 0.621. The molecule has 0 aliphatic carbocycles. The van der Waals surface area contributed by atoms with E-state index in [0.29, 0.717) is 26.3 Å². The lowest BCUT2D eigenvalue weighted by atomic mass is 10.2. The molecule has 5 nitrogen and oxygen atoms in total. The number of rotatable bonds is 3. The Balaban J connectivity index is 1.99. The molecule has 1 atom stereocenters. The molecule has 1 aliphatic heterocycles. The molecule has 1 unspecified atom stereocenters. The molecule has 0 radical (unpaired) electrons. The van der Waals surface area contributed by atoms with Gasteiger partial charge in [0.15, 0.2) is 0 Å². The van der Waals surface area contributed by atoms with E-state index in [4.69, 9.17) is 10.5 Å². The summed E-state index contributed by atoms with van der Waals surface area (Å²) in [6, 6.07) is 5.36. The molecule has 0 saturated carbocycles. The fraction of sp³-hybridized carbons (Fsp3) is 0.462. The summed E-state index contributed by atoms with van der Waals surface area (Å²) in [6.07, 6.45) is 0. The highest BCUT2D eigenvalue weighted by Crippen LogP contribution is 2.21. The third-order valence-corrected chi connectivity index (χ3v) is 3.95. The molecule has 1 aromatic rings. The van der Waals surface area contributed by atoms with Gasteiger partial charge in [0.05, 0.1) is 13.2 Å². The van der Waals surface area contributed by atoms with Crippen LogP contribution < -0.4 is 11.1 Å². The molecule has 6 heteroatoms. The van der Waals surface area contributed by atoms with Crippen LogP contribution in [-0.2, 0) is 9.53 Å². The topological polar surface area (TPSA) is 67.6 Å². The van der Waals surface area contributed by atoms with Crippen molar-refractivity contribution in [2.45, 2.75) is 13.0 Å². The maximum absolute atomic E-state index is 12.3. The number of hydrogen-bond donors (Lipinski definition) is 2. The van der Waals surface area contributed by atoms with Gasteiger partial charge in [-0.05, 0) is 47.7 Å². The van der Waals surface area contributed by atoms with Crippen LogP contribution >= 0.6 is 22.6 Å². The first kappa shape index (κ1) is 14.4. The highest BCUT2D eigenvalue weighted by atomic mass is 127. The molecule has 2 rings (SSSR count). The predicted molar refractivity (Wildman–Crippen MR) is 84.1 cm³/mol. The largest absolute Gasteiger partial charge is 0.399 e. The van der Waals surface area contributed by atoms with E-state index in [1.165, 1.54) is 0 Å². The summed E-state index contributed by atoms with van der Waals surface area (Å²) in [5, 5.41) is 3.24. The van der Waals surface area contributed by atoms with Crippen LogP contribution in [0.2, 0.25) is 0 Å². The van der Waals surface area contributed by atoms with Gasteiger partial charge in [0.1, 0.15) is 6.04 Å². The first-order chi connectivity index (χ1) is 9.08. The molecular weight excluding hydrogens is 357 g/mol. The van der Waals surface area contributed by atoms with Crippen molar-refractivity contribution in [3.63, 3.8) is 0 Å². The SMILES string of the molecule is CC(Nc1ccc(N)cc1I)C(=O)N1CCOCC1. The Morgan fingerprint density at radius 2 is 2.16 bits per heavy atom. The van der Waals surface area contributed by atoms with Crippen molar-refractivity contribution in [2.75, 3.05) is 37.4 Å². The Kier molecular flexibility index (Phi) is 4.87. The Morgan fingerprint density at radius 3 is 2.79 bits per heavy atom. The normalized spacial score (nSPS) is 17.1. The number of ether oxygens (including phenoxy) is 1. The van der Waals surface area contributed by atoms with Gasteiger partial charge in [0.25, 0.3) is 0 Å². The lowest BCUT2D eigenvalue weighted by molar-refractivity contribution is -0.135. The maximum atomic E-state index is 12.3. The van der Waals surface area contributed by atoms with Crippen molar-refractivity contribution in [1.29, 1.82) is 0 Å². The van der Waals surface area contributed by atoms with Gasteiger partial charge in [-0.3, -0.25) is 4.79 Å². The van der Waals surface area contributed by atoms with Crippen molar-refractivity contribution in [2.24, 2.45) is 0 Å². The smallest absolute Gasteiger partial charge is 0.244 e. The van der Waals surface area contributed by atoms with Gasteiger partial charge in [-0.15, -0.1) is 0 Å². The first-order valence-corrected chi connectivity index (χ1v) is 7.34. The molecule has 19 heavy (non-hydrogen) atoms. The molecule has 1 amide bonds. The van der Waals surface area contributed by atoms with Crippen LogP contribution in [-0.4, -0.2) is 43.2 Å². The predicted octanol–water partition coefficient (Wildman–Crippen LogP) is 1.53. The van der Waals surface area contributed by atoms with Gasteiger partial charge < -0.3 is 20.7 Å². The van der Waals surface area contributed by atoms with E-state index in [-0.39, 0.29) is 11.9 Å². The number of hydrogen-bond acceptors (Lipinski definition) is 4. The van der Waals surface area contributed by atoms with Crippen molar-refractivity contribution < 1.29 is 9.53 Å². The summed E-state index contributed by atoms with van der Waals surface area (Å²) < 4.78 is 6.26. The second kappa shape index (κ2) is 6.42. The minimum Gasteiger partial charge on any atom is -0.399 e. The molecule has 0 aromatic heterocycles. The first-order valence-electron chi connectivity index (χ1n) is 6.26. The van der Waals surface area contributed by atoms with Gasteiger partial charge in [0, 0.05) is 28.0 Å². The number of anilines is 2. The lowest BCUT2D eigenvalue weighted by Crippen LogP contribution is -2.47. The number of amides is 1. The molecule has 1 fully saturated rings. The maximum Gasteiger partial charge on any atom is 0.244 e. The van der Waals surface area contributed by atoms with Crippen LogP contribution in [0.15, 0.2) is 18.2 Å². The number of morpholine rings is 1. The van der Waals surface area contributed by atoms with Crippen LogP contribution in [0.1, 0.15) is 6.92 Å². The minimum absolute atomic E-state index is 0.107. The second-order valence-corrected chi connectivity index (χ2v) is 5.71. The van der Waals surface area contributed by atoms with E-state index in [1.807, 2.05) is 30.0 Å². The number of nitrogen functional groups attached to an aromatic ring is 1. The third-order valence-electron chi connectivity index (χ3n) is 3.06. The van der Waals surface area contributed by atoms with Gasteiger partial charge in [-0.1, -0.05) is 0 Å². The standard InChI is InChI=1S/C13H18IN3O2/c1-9(13(18)17-4-6-19-7-5-17)16-12-3-2-10(15)8-11(12)14/h2-3,8-9,16H,4-7,15H2,1H3. The average Bonchev–Trinajstić information content (AvgIpc) is 2.42. The number of carbonyl (C=O) groups is 1. The molecule has 1 aliphatic rings. The Labute approximate surface area is 126 Å². The zero-order chi connectivity index (χ0) is 13.8. The molecule has 1 aromatic carbocycles. The Hall–Kier alpha value is -1.02. The van der Waals surface area contributed by atoms with E-state index in [2.05, 4.69) is 27.9 Å². The highest BCUT2D eigenvalue weighted by molar-refractivity contribution is 14.1. The van der Waals surface area contributed by atoms with Crippen LogP contribution in [0.5, 0.6) is 0 Å². The molecule has 0 spiro atoms. The van der Waals surface area contributed by atoms with Crippen molar-refractivity contribution >= 4 is 39.9 Å². The molecule has 3 N–H and O–H groups in total. The fourth-order valence-electron chi connectivity index (χ4n) is 2.00. The van der Waals surface area contributed by atoms with Crippen LogP contribution in [0.3, 0.4) is 0 Å². The number of benzene rings is 1. The zero-order valence-electron chi connectivity index (χ0n) is 10.9. The number of nitrogens with two attached hydrogens (primary N) is 1. The fourth-order valence-corrected chi connectivity index (χ4v) is 2.70. The summed E-state index contributed by atoms with van der Waals surface area (Å²) in [7, 11) is 0. The third kappa shape index (κ3) is 3.73. The van der Waals surface area contributed by atoms with Crippen molar-refractivity contribution in [3.05, 3.63) is 21.8 Å². The summed E-state index contributed by atoms with van der Waals surface area (Å²) in [5.41, 5.74) is 7.37. The summed E-state index contributed by atoms with van der Waals surface area (Å²) in [6.45, 7) is 4.47. The number of nitrogens with one attached hydrogen (secondary N) is 1. The van der Waals surface area contributed by atoms with Crippen LogP contribution in [0.25, 0.3) is 0 Å². The van der Waals surface area contributed by atoms with E-state index < -0.39 is 0 Å². The molecule has 1 saturated heterocycles. The molecule has 0 bridgehead atoms. The van der Waals surface area contributed by atoms with Gasteiger partial charge in [0.2, 0.25) is 5.91 Å². The summed E-state index contributed by atoms with van der Waals surface area (Å²) in [5.74, 6) is 0.107. The van der Waals surface area contributed by atoms with E-state index in [0.717, 1.165) is 14.9 Å². The molecule has 1 heterocycles. The molecular formula is C13H18IN3O2.